The highest BCUT2D eigenvalue weighted by atomic mass is 15.1. The van der Waals surface area contributed by atoms with Crippen LogP contribution < -0.4 is 4.90 Å². The van der Waals surface area contributed by atoms with Crippen LogP contribution in [0.1, 0.15) is 11.3 Å². The molecule has 96 valence electrons. The molecule has 0 radical (unpaired) electrons. The molecule has 0 amide bonds. The molecule has 0 aliphatic carbocycles. The van der Waals surface area contributed by atoms with Crippen LogP contribution in [0.25, 0.3) is 12.2 Å². The summed E-state index contributed by atoms with van der Waals surface area (Å²) in [6.45, 7) is 0. The van der Waals surface area contributed by atoms with Gasteiger partial charge in [0.25, 0.3) is 0 Å². The minimum Gasteiger partial charge on any atom is -0.378 e. The summed E-state index contributed by atoms with van der Waals surface area (Å²) in [5.74, 6) is 0. The normalized spacial score (nSPS) is 11.3. The molecule has 2 aromatic rings. The molecule has 0 fully saturated rings. The van der Waals surface area contributed by atoms with Crippen molar-refractivity contribution in [2.24, 2.45) is 0 Å². The van der Waals surface area contributed by atoms with Gasteiger partial charge in [-0.1, -0.05) is 36.4 Å². The van der Waals surface area contributed by atoms with Gasteiger partial charge in [0, 0.05) is 26.0 Å². The van der Waals surface area contributed by atoms with E-state index in [1.165, 1.54) is 11.3 Å². The van der Waals surface area contributed by atoms with Gasteiger partial charge in [-0.3, -0.25) is 4.98 Å². The Morgan fingerprint density at radius 1 is 0.895 bits per heavy atom. The Hall–Kier alpha value is -2.35. The summed E-state index contributed by atoms with van der Waals surface area (Å²) in [6, 6.07) is 14.3. The maximum absolute atomic E-state index is 4.23. The Bertz CT molecular complexity index is 552. The van der Waals surface area contributed by atoms with E-state index in [1.54, 1.807) is 6.20 Å². The molecule has 1 aromatic carbocycles. The zero-order valence-electron chi connectivity index (χ0n) is 11.3. The van der Waals surface area contributed by atoms with Crippen LogP contribution in [0.2, 0.25) is 0 Å². The van der Waals surface area contributed by atoms with Crippen molar-refractivity contribution in [1.82, 2.24) is 4.98 Å². The van der Waals surface area contributed by atoms with Gasteiger partial charge in [0.05, 0.1) is 5.69 Å². The molecule has 0 N–H and O–H groups in total. The van der Waals surface area contributed by atoms with Crippen LogP contribution in [0.4, 0.5) is 5.69 Å². The van der Waals surface area contributed by atoms with Crippen molar-refractivity contribution >= 4 is 17.8 Å². The lowest BCUT2D eigenvalue weighted by molar-refractivity contribution is 1.13. The fraction of sp³-hybridized carbons (Fsp3) is 0.118. The average molecular weight is 250 g/mol. The fourth-order valence-electron chi connectivity index (χ4n) is 1.68. The van der Waals surface area contributed by atoms with E-state index in [1.807, 2.05) is 50.5 Å². The van der Waals surface area contributed by atoms with Gasteiger partial charge in [0.1, 0.15) is 0 Å². The summed E-state index contributed by atoms with van der Waals surface area (Å²) < 4.78 is 0. The van der Waals surface area contributed by atoms with E-state index in [-0.39, 0.29) is 0 Å². The van der Waals surface area contributed by atoms with Gasteiger partial charge in [0.2, 0.25) is 0 Å². The predicted molar refractivity (Wildman–Crippen MR) is 83.1 cm³/mol. The first-order valence-corrected chi connectivity index (χ1v) is 6.29. The molecule has 0 aliphatic rings. The minimum absolute atomic E-state index is 0.968. The Morgan fingerprint density at radius 2 is 1.63 bits per heavy atom. The average Bonchev–Trinajstić information content (AvgIpc) is 2.45. The molecule has 0 aliphatic heterocycles. The summed E-state index contributed by atoms with van der Waals surface area (Å²) in [5, 5.41) is 0. The molecular weight excluding hydrogens is 232 g/mol. The second-order valence-corrected chi connectivity index (χ2v) is 4.46. The molecule has 19 heavy (non-hydrogen) atoms. The van der Waals surface area contributed by atoms with Crippen molar-refractivity contribution in [2.45, 2.75) is 0 Å². The Morgan fingerprint density at radius 3 is 2.26 bits per heavy atom. The first kappa shape index (κ1) is 13.1. The summed E-state index contributed by atoms with van der Waals surface area (Å²) in [6.07, 6.45) is 9.90. The third kappa shape index (κ3) is 4.11. The SMILES string of the molecule is CN(C)c1ccc(C=CC=Cc2ccccn2)cc1. The number of benzene rings is 1. The van der Waals surface area contributed by atoms with Crippen LogP contribution in [0, 0.1) is 0 Å². The van der Waals surface area contributed by atoms with Crippen molar-refractivity contribution in [2.75, 3.05) is 19.0 Å². The Kier molecular flexibility index (Phi) is 4.51. The molecule has 0 saturated carbocycles. The van der Waals surface area contributed by atoms with Gasteiger partial charge >= 0.3 is 0 Å². The van der Waals surface area contributed by atoms with E-state index in [2.05, 4.69) is 40.2 Å². The van der Waals surface area contributed by atoms with Crippen LogP contribution in [0.3, 0.4) is 0 Å². The lowest BCUT2D eigenvalue weighted by Crippen LogP contribution is -2.07. The number of aromatic nitrogens is 1. The summed E-state index contributed by atoms with van der Waals surface area (Å²) in [5.41, 5.74) is 3.37. The smallest absolute Gasteiger partial charge is 0.0629 e. The zero-order chi connectivity index (χ0) is 13.5. The van der Waals surface area contributed by atoms with Crippen LogP contribution >= 0.6 is 0 Å². The van der Waals surface area contributed by atoms with Gasteiger partial charge in [0.15, 0.2) is 0 Å². The second kappa shape index (κ2) is 6.55. The number of pyridine rings is 1. The molecule has 1 heterocycles. The Labute approximate surface area is 114 Å². The number of rotatable bonds is 4. The molecular formula is C17H18N2. The molecule has 0 atom stereocenters. The van der Waals surface area contributed by atoms with Crippen molar-refractivity contribution < 1.29 is 0 Å². The highest BCUT2D eigenvalue weighted by molar-refractivity contribution is 5.58. The largest absolute Gasteiger partial charge is 0.378 e. The van der Waals surface area contributed by atoms with Crippen molar-refractivity contribution in [3.63, 3.8) is 0 Å². The van der Waals surface area contributed by atoms with Crippen molar-refractivity contribution in [3.05, 3.63) is 72.1 Å². The number of allylic oxidation sites excluding steroid dienone is 2. The first-order chi connectivity index (χ1) is 9.25. The lowest BCUT2D eigenvalue weighted by Gasteiger charge is -2.11. The van der Waals surface area contributed by atoms with Crippen LogP contribution in [-0.4, -0.2) is 19.1 Å². The van der Waals surface area contributed by atoms with E-state index in [9.17, 15) is 0 Å². The lowest BCUT2D eigenvalue weighted by atomic mass is 10.2. The highest BCUT2D eigenvalue weighted by Crippen LogP contribution is 2.13. The van der Waals surface area contributed by atoms with E-state index in [0.29, 0.717) is 0 Å². The quantitative estimate of drug-likeness (QED) is 0.766. The zero-order valence-corrected chi connectivity index (χ0v) is 11.3. The topological polar surface area (TPSA) is 16.1 Å². The molecule has 1 aromatic heterocycles. The Balaban J connectivity index is 1.97. The minimum atomic E-state index is 0.968. The second-order valence-electron chi connectivity index (χ2n) is 4.46. The van der Waals surface area contributed by atoms with E-state index in [0.717, 1.165) is 5.69 Å². The number of hydrogen-bond acceptors (Lipinski definition) is 2. The molecule has 0 spiro atoms. The van der Waals surface area contributed by atoms with Gasteiger partial charge in [-0.25, -0.2) is 0 Å². The van der Waals surface area contributed by atoms with Crippen LogP contribution in [0.5, 0.6) is 0 Å². The van der Waals surface area contributed by atoms with Gasteiger partial charge in [-0.15, -0.1) is 0 Å². The predicted octanol–water partition coefficient (Wildman–Crippen LogP) is 3.87. The standard InChI is InChI=1S/C17H18N2/c1-19(2)17-12-10-15(11-13-17)7-3-4-8-16-9-5-6-14-18-16/h3-14H,1-2H3. The molecule has 0 unspecified atom stereocenters. The molecule has 0 saturated heterocycles. The third-order valence-electron chi connectivity index (χ3n) is 2.76. The van der Waals surface area contributed by atoms with Crippen molar-refractivity contribution in [3.8, 4) is 0 Å². The monoisotopic (exact) mass is 250 g/mol. The number of nitrogens with zero attached hydrogens (tertiary/aromatic N) is 2. The van der Waals surface area contributed by atoms with Gasteiger partial charge in [-0.2, -0.15) is 0 Å². The number of anilines is 1. The first-order valence-electron chi connectivity index (χ1n) is 6.29. The molecule has 2 rings (SSSR count). The maximum atomic E-state index is 4.23. The maximum Gasteiger partial charge on any atom is 0.0629 e. The molecule has 2 nitrogen and oxygen atoms in total. The van der Waals surface area contributed by atoms with Crippen LogP contribution in [0.15, 0.2) is 60.8 Å². The summed E-state index contributed by atoms with van der Waals surface area (Å²) >= 11 is 0. The molecule has 0 bridgehead atoms. The molecule has 2 heteroatoms. The van der Waals surface area contributed by atoms with E-state index >= 15 is 0 Å². The van der Waals surface area contributed by atoms with Crippen molar-refractivity contribution in [1.29, 1.82) is 0 Å². The van der Waals surface area contributed by atoms with Gasteiger partial charge in [-0.05, 0) is 35.9 Å². The van der Waals surface area contributed by atoms with Crippen LogP contribution in [-0.2, 0) is 0 Å². The summed E-state index contributed by atoms with van der Waals surface area (Å²) in [4.78, 5) is 6.32. The third-order valence-corrected chi connectivity index (χ3v) is 2.76. The van der Waals surface area contributed by atoms with Gasteiger partial charge < -0.3 is 4.90 Å². The number of hydrogen-bond donors (Lipinski definition) is 0. The fourth-order valence-corrected chi connectivity index (χ4v) is 1.68. The van der Waals surface area contributed by atoms with E-state index in [4.69, 9.17) is 0 Å². The summed E-state index contributed by atoms with van der Waals surface area (Å²) in [7, 11) is 4.08. The van der Waals surface area contributed by atoms with E-state index < -0.39 is 0 Å². The highest BCUT2D eigenvalue weighted by Gasteiger charge is 1.92.